The Bertz CT molecular complexity index is 5210. The standard InChI is InChI=1S/C23H32O4.C19H24O4.C17H23NO4.C16H21NO4.C11H14O3.C10H14O.C9H10O4/c1-6-7-10-26-22(25)15(3)16-12-19(24)21-17-11-14(2)8-9-18(17)23(4,5)27-20(21)13-16;1-10-5-6-14-13(7-10)17-15(20)8-12(11(2)18(21)22)9-16(17)23-19(14,3)4;1-10(2)15-9-22-17(20)18(15)16(19)12(4)13-6-11(3)7-14(8-13)21-5;1-10(2)14-9-21-16(19)17(14)15(18)8-12-5-11(3)6-13(7-12)20-4;1-7-4-9(8(2)11(12)13)6-10(5-7)14-3;1-4-9-5-8(2)6-10(7-9)11-3;1-5(9(12)13)6-2-7(10)4-8(11)3-6/h8,12-13,15,17-18,24H,6-7,9-11H2,1-5H3;5,8-9,11,13-14,20H,6-7H2,1-4H3,(H,21,22);6-8,10,12,15H,9H2,1-5H3;5-7,10,14H,8-9H2,1-4H3;4-6,8H,1-3H3,(H,12,13);5-7H,4H2,1-3H3;2-5,10-11H,1H3,(H,12,13)/t15-,17+,18?;11-,13+,14?;12-,15+;14-;8-;;5-/m00010.0/s1. The molecule has 7 N–H and O–H groups in total. The number of hydrogen-bond acceptors (Lipinski definition) is 21. The number of rotatable bonds is 22. The van der Waals surface area contributed by atoms with Crippen molar-refractivity contribution in [1.82, 2.24) is 9.80 Å². The van der Waals surface area contributed by atoms with Crippen molar-refractivity contribution in [2.75, 3.05) is 48.3 Å². The molecule has 11 atom stereocenters. The number of carbonyl (C=O) groups is 8. The summed E-state index contributed by atoms with van der Waals surface area (Å²) in [4.78, 5) is 96.3. The van der Waals surface area contributed by atoms with E-state index in [4.69, 9.17) is 63.1 Å². The molecule has 0 radical (unpaired) electrons. The molecule has 0 saturated carbocycles. The van der Waals surface area contributed by atoms with Gasteiger partial charge in [0, 0.05) is 40.9 Å². The highest BCUT2D eigenvalue weighted by Crippen LogP contribution is 2.57. The van der Waals surface area contributed by atoms with Crippen LogP contribution in [-0.4, -0.2) is 165 Å². The number of phenolic OH excluding ortho intramolecular Hbond substituents is 4. The molecule has 2 saturated heterocycles. The third-order valence-electron chi connectivity index (χ3n) is 25.0. The van der Waals surface area contributed by atoms with E-state index in [1.165, 1.54) is 51.1 Å². The minimum Gasteiger partial charge on any atom is -0.508 e. The number of aliphatic carboxylic acids is 3. The molecule has 712 valence electrons. The third kappa shape index (κ3) is 28.2. The van der Waals surface area contributed by atoms with Crippen LogP contribution in [0.4, 0.5) is 9.59 Å². The lowest BCUT2D eigenvalue weighted by Crippen LogP contribution is -2.45. The smallest absolute Gasteiger partial charge is 0.417 e. The number of aromatic hydroxyl groups is 4. The molecule has 0 aromatic heterocycles. The number of imide groups is 2. The Morgan fingerprint density at radius 2 is 0.802 bits per heavy atom. The molecule has 4 aliphatic heterocycles. The van der Waals surface area contributed by atoms with Gasteiger partial charge in [-0.05, 0) is 300 Å². The van der Waals surface area contributed by atoms with Gasteiger partial charge in [0.05, 0.1) is 83.1 Å². The lowest BCUT2D eigenvalue weighted by molar-refractivity contribution is -0.145. The summed E-state index contributed by atoms with van der Waals surface area (Å²) in [6, 6.07) is 33.5. The number of benzene rings is 7. The molecule has 131 heavy (non-hydrogen) atoms. The van der Waals surface area contributed by atoms with E-state index in [-0.39, 0.29) is 107 Å². The van der Waals surface area contributed by atoms with E-state index in [9.17, 15) is 53.7 Å². The van der Waals surface area contributed by atoms with Gasteiger partial charge >= 0.3 is 36.1 Å². The number of carboxylic acid groups (broad SMARTS) is 3. The molecule has 13 rings (SSSR count). The molecule has 2 unspecified atom stereocenters. The van der Waals surface area contributed by atoms with Gasteiger partial charge in [-0.2, -0.15) is 0 Å². The highest BCUT2D eigenvalue weighted by Gasteiger charge is 2.49. The first-order valence-electron chi connectivity index (χ1n) is 44.9. The summed E-state index contributed by atoms with van der Waals surface area (Å²) in [6.45, 7) is 42.0. The lowest BCUT2D eigenvalue weighted by atomic mass is 9.67. The van der Waals surface area contributed by atoms with Gasteiger partial charge in [-0.25, -0.2) is 19.4 Å². The van der Waals surface area contributed by atoms with Crippen LogP contribution >= 0.6 is 0 Å². The number of allylic oxidation sites excluding steroid dienone is 4. The maximum Gasteiger partial charge on any atom is 0.417 e. The van der Waals surface area contributed by atoms with Gasteiger partial charge in [-0.15, -0.1) is 0 Å². The third-order valence-corrected chi connectivity index (χ3v) is 25.0. The topological polar surface area (TPSA) is 368 Å². The second-order valence-electron chi connectivity index (χ2n) is 36.7. The molecular formula is C105H138N2O24. The first-order chi connectivity index (χ1) is 61.5. The van der Waals surface area contributed by atoms with Crippen LogP contribution in [0.5, 0.6) is 57.5 Å². The fourth-order valence-electron chi connectivity index (χ4n) is 17.0. The zero-order chi connectivity index (χ0) is 97.7. The molecule has 4 amide bonds. The van der Waals surface area contributed by atoms with Crippen molar-refractivity contribution < 1.29 is 117 Å². The van der Waals surface area contributed by atoms with Crippen LogP contribution in [0.25, 0.3) is 0 Å². The largest absolute Gasteiger partial charge is 0.508 e. The molecule has 6 aliphatic rings. The predicted molar refractivity (Wildman–Crippen MR) is 502 cm³/mol. The Hall–Kier alpha value is -12.2. The van der Waals surface area contributed by atoms with Crippen LogP contribution < -0.4 is 28.4 Å². The average Bonchev–Trinajstić information content (AvgIpc) is 1.13. The number of methoxy groups -OCH3 is 4. The van der Waals surface area contributed by atoms with E-state index in [0.29, 0.717) is 58.3 Å². The number of cyclic esters (lactones) is 2. The van der Waals surface area contributed by atoms with Crippen molar-refractivity contribution in [2.45, 2.75) is 261 Å². The number of hydrogen-bond donors (Lipinski definition) is 7. The summed E-state index contributed by atoms with van der Waals surface area (Å²) in [5, 5.41) is 66.3. The molecule has 4 heterocycles. The van der Waals surface area contributed by atoms with Crippen LogP contribution in [0, 0.1) is 51.4 Å². The number of phenols is 4. The van der Waals surface area contributed by atoms with Crippen molar-refractivity contribution in [3.63, 3.8) is 0 Å². The molecule has 2 fully saturated rings. The van der Waals surface area contributed by atoms with E-state index in [1.807, 2.05) is 116 Å². The van der Waals surface area contributed by atoms with Gasteiger partial charge in [0.2, 0.25) is 11.8 Å². The number of carboxylic acids is 3. The van der Waals surface area contributed by atoms with Crippen LogP contribution in [0.15, 0.2) is 139 Å². The molecule has 26 heteroatoms. The summed E-state index contributed by atoms with van der Waals surface area (Å²) in [5.41, 5.74) is 13.5. The van der Waals surface area contributed by atoms with Gasteiger partial charge in [0.15, 0.2) is 0 Å². The summed E-state index contributed by atoms with van der Waals surface area (Å²) < 4.78 is 48.6. The van der Waals surface area contributed by atoms with E-state index >= 15 is 0 Å². The minimum absolute atomic E-state index is 0.136. The number of amides is 4. The van der Waals surface area contributed by atoms with Crippen molar-refractivity contribution in [1.29, 1.82) is 0 Å². The van der Waals surface area contributed by atoms with E-state index in [1.54, 1.807) is 73.5 Å². The van der Waals surface area contributed by atoms with Gasteiger partial charge in [-0.1, -0.05) is 95.5 Å². The lowest BCUT2D eigenvalue weighted by Gasteiger charge is -2.47. The first kappa shape index (κ1) is 106. The number of carbonyl (C=O) groups excluding carboxylic acids is 5. The van der Waals surface area contributed by atoms with Crippen molar-refractivity contribution in [3.05, 3.63) is 211 Å². The monoisotopic (exact) mass is 1810 g/mol. The van der Waals surface area contributed by atoms with Crippen LogP contribution in [0.3, 0.4) is 0 Å². The maximum absolute atomic E-state index is 12.8. The fraction of sp³-hybridized carbons (Fsp3) is 0.486. The number of unbranched alkanes of at least 4 members (excludes halogenated alkanes) is 1. The Kier molecular flexibility index (Phi) is 38.0. The summed E-state index contributed by atoms with van der Waals surface area (Å²) in [7, 11) is 6.46. The number of nitrogens with zero attached hydrogens (tertiary/aromatic N) is 2. The molecule has 2 aliphatic carbocycles. The second-order valence-corrected chi connectivity index (χ2v) is 36.7. The minimum atomic E-state index is -0.995. The SMILES string of the molecule is CC1=CCC2[C@@H](C1)c1c(O)cc([C@H](C)C(=O)O)cc1OC2(C)C.CCCCOC(=O)[C@@H](C)c1cc(O)c2c(c1)OC(C)(C)C1CC=C(C)C[C@@H]21.CCc1cc(C)cc(OC)c1.COc1cc(C)cc(CC(=O)N2C(=O)OC[C@@H]2C(C)C)c1.COc1cc(C)cc([C@H](C)C(=O)N2C(=O)OC[C@@H]2C(C)C)c1.COc1cc(C)cc([C@H](C)C(=O)O)c1.C[C@H](C(=O)O)c1cc(O)cc(O)c1. The average molecular weight is 1810 g/mol. The number of esters is 1. The van der Waals surface area contributed by atoms with Gasteiger partial charge in [-0.3, -0.25) is 28.8 Å². The summed E-state index contributed by atoms with van der Waals surface area (Å²) >= 11 is 0. The van der Waals surface area contributed by atoms with Crippen LogP contribution in [0.2, 0.25) is 0 Å². The van der Waals surface area contributed by atoms with E-state index in [2.05, 4.69) is 86.6 Å². The Balaban J connectivity index is 0.000000213. The maximum atomic E-state index is 12.8. The Morgan fingerprint density at radius 1 is 0.443 bits per heavy atom. The Morgan fingerprint density at radius 3 is 1.20 bits per heavy atom. The highest BCUT2D eigenvalue weighted by atomic mass is 16.6. The zero-order valence-electron chi connectivity index (χ0n) is 80.9. The number of aryl methyl sites for hydroxylation is 5. The first-order valence-corrected chi connectivity index (χ1v) is 44.9. The molecule has 7 aromatic carbocycles. The summed E-state index contributed by atoms with van der Waals surface area (Å²) in [5.74, 6) is -0.237. The molecular weight excluding hydrogens is 1670 g/mol. The van der Waals surface area contributed by atoms with Crippen molar-refractivity contribution in [2.24, 2.45) is 23.7 Å². The van der Waals surface area contributed by atoms with Crippen molar-refractivity contribution >= 4 is 47.9 Å². The molecule has 7 aromatic rings. The number of fused-ring (bicyclic) bond motifs is 6. The van der Waals surface area contributed by atoms with Crippen LogP contribution in [-0.2, 0) is 55.8 Å². The highest BCUT2D eigenvalue weighted by molar-refractivity contribution is 5.97. The van der Waals surface area contributed by atoms with E-state index < -0.39 is 59.7 Å². The van der Waals surface area contributed by atoms with Gasteiger partial charge in [0.1, 0.15) is 81.9 Å². The van der Waals surface area contributed by atoms with Gasteiger partial charge in [0.25, 0.3) is 0 Å². The van der Waals surface area contributed by atoms with Crippen LogP contribution in [0.1, 0.15) is 270 Å². The fourth-order valence-corrected chi connectivity index (χ4v) is 17.0. The van der Waals surface area contributed by atoms with Gasteiger partial charge < -0.3 is 78.4 Å². The zero-order valence-corrected chi connectivity index (χ0v) is 80.9. The second kappa shape index (κ2) is 47.0. The molecule has 0 bridgehead atoms. The molecule has 0 spiro atoms. The van der Waals surface area contributed by atoms with E-state index in [0.717, 1.165) is 107 Å². The normalized spacial score (nSPS) is 19.1. The quantitative estimate of drug-likeness (QED) is 0.0143. The Labute approximate surface area is 772 Å². The summed E-state index contributed by atoms with van der Waals surface area (Å²) in [6.07, 6.45) is 10.3. The number of ether oxygens (including phenoxy) is 9. The van der Waals surface area contributed by atoms with Crippen molar-refractivity contribution in [3.8, 4) is 57.5 Å². The molecule has 26 nitrogen and oxygen atoms in total. The predicted octanol–water partition coefficient (Wildman–Crippen LogP) is 21.3.